The molecule has 0 saturated heterocycles. The second-order valence-electron chi connectivity index (χ2n) is 4.69. The summed E-state index contributed by atoms with van der Waals surface area (Å²) in [5.41, 5.74) is 2.05. The summed E-state index contributed by atoms with van der Waals surface area (Å²) < 4.78 is 5.71. The minimum atomic E-state index is -0.216. The Labute approximate surface area is 130 Å². The lowest BCUT2D eigenvalue weighted by molar-refractivity contribution is -0.162. The molecule has 0 N–H and O–H groups in total. The number of hydrogen-bond donors (Lipinski definition) is 0. The van der Waals surface area contributed by atoms with Gasteiger partial charge in [0.05, 0.1) is 7.11 Å². The molecule has 0 unspecified atom stereocenters. The molecule has 22 heavy (non-hydrogen) atoms. The fraction of sp³-hybridized carbons (Fsp3) is 0.167. The Hall–Kier alpha value is -2.59. The van der Waals surface area contributed by atoms with Crippen molar-refractivity contribution in [1.82, 2.24) is 5.06 Å². The quantitative estimate of drug-likeness (QED) is 0.606. The molecule has 0 aromatic heterocycles. The van der Waals surface area contributed by atoms with Gasteiger partial charge in [-0.1, -0.05) is 42.5 Å². The zero-order valence-electron chi connectivity index (χ0n) is 12.7. The van der Waals surface area contributed by atoms with Crippen LogP contribution in [0.15, 0.2) is 60.7 Å². The molecule has 2 rings (SSSR count). The first-order valence-corrected chi connectivity index (χ1v) is 6.95. The van der Waals surface area contributed by atoms with E-state index in [0.29, 0.717) is 6.61 Å². The van der Waals surface area contributed by atoms with E-state index in [4.69, 9.17) is 9.57 Å². The van der Waals surface area contributed by atoms with Crippen molar-refractivity contribution < 1.29 is 14.4 Å². The number of rotatable bonds is 6. The molecule has 0 aliphatic rings. The Morgan fingerprint density at radius 1 is 1.09 bits per heavy atom. The number of ether oxygens (including phenoxy) is 1. The van der Waals surface area contributed by atoms with Gasteiger partial charge >= 0.3 is 0 Å². The Morgan fingerprint density at radius 2 is 1.77 bits per heavy atom. The van der Waals surface area contributed by atoms with E-state index in [1.165, 1.54) is 13.2 Å². The molecule has 2 aromatic rings. The molecule has 1 amide bonds. The zero-order chi connectivity index (χ0) is 15.8. The monoisotopic (exact) mass is 297 g/mol. The Balaban J connectivity index is 1.90. The van der Waals surface area contributed by atoms with Crippen molar-refractivity contribution in [2.45, 2.75) is 6.61 Å². The van der Waals surface area contributed by atoms with Crippen LogP contribution < -0.4 is 4.74 Å². The summed E-state index contributed by atoms with van der Waals surface area (Å²) in [4.78, 5) is 16.4. The van der Waals surface area contributed by atoms with Crippen LogP contribution in [0.1, 0.15) is 11.1 Å². The third kappa shape index (κ3) is 4.75. The van der Waals surface area contributed by atoms with Gasteiger partial charge in [-0.15, -0.1) is 0 Å². The van der Waals surface area contributed by atoms with E-state index in [1.807, 2.05) is 54.6 Å². The smallest absolute Gasteiger partial charge is 0.269 e. The fourth-order valence-electron chi connectivity index (χ4n) is 1.78. The summed E-state index contributed by atoms with van der Waals surface area (Å²) in [5.74, 6) is 0.577. The minimum Gasteiger partial charge on any atom is -0.489 e. The van der Waals surface area contributed by atoms with E-state index in [2.05, 4.69) is 0 Å². The number of nitrogens with zero attached hydrogens (tertiary/aromatic N) is 1. The second-order valence-corrected chi connectivity index (χ2v) is 4.69. The van der Waals surface area contributed by atoms with E-state index in [0.717, 1.165) is 21.9 Å². The van der Waals surface area contributed by atoms with E-state index >= 15 is 0 Å². The second kappa shape index (κ2) is 8.00. The van der Waals surface area contributed by atoms with Crippen LogP contribution in [-0.2, 0) is 16.2 Å². The van der Waals surface area contributed by atoms with Crippen molar-refractivity contribution >= 4 is 12.0 Å². The topological polar surface area (TPSA) is 38.8 Å². The molecule has 0 atom stereocenters. The summed E-state index contributed by atoms with van der Waals surface area (Å²) in [7, 11) is 3.01. The van der Waals surface area contributed by atoms with E-state index in [-0.39, 0.29) is 5.91 Å². The first-order valence-electron chi connectivity index (χ1n) is 6.95. The lowest BCUT2D eigenvalue weighted by atomic mass is 10.2. The van der Waals surface area contributed by atoms with Gasteiger partial charge in [-0.05, 0) is 29.3 Å². The van der Waals surface area contributed by atoms with Crippen LogP contribution in [0.3, 0.4) is 0 Å². The van der Waals surface area contributed by atoms with Crippen LogP contribution >= 0.6 is 0 Å². The van der Waals surface area contributed by atoms with Crippen molar-refractivity contribution in [2.75, 3.05) is 14.2 Å². The lowest BCUT2D eigenvalue weighted by Crippen LogP contribution is -2.22. The molecule has 0 saturated carbocycles. The van der Waals surface area contributed by atoms with E-state index in [9.17, 15) is 4.79 Å². The van der Waals surface area contributed by atoms with Gasteiger partial charge in [0.25, 0.3) is 5.91 Å². The average Bonchev–Trinajstić information content (AvgIpc) is 2.59. The fourth-order valence-corrected chi connectivity index (χ4v) is 1.78. The summed E-state index contributed by atoms with van der Waals surface area (Å²) >= 11 is 0. The Bertz CT molecular complexity index is 621. The molecule has 0 bridgehead atoms. The number of benzene rings is 2. The van der Waals surface area contributed by atoms with Crippen LogP contribution in [0.25, 0.3) is 6.08 Å². The number of carbonyl (C=O) groups excluding carboxylic acids is 1. The SMILES string of the molecule is CON(C)C(=O)/C=C/c1ccc(OCc2ccccc2)cc1. The van der Waals surface area contributed by atoms with Crippen molar-refractivity contribution in [3.05, 3.63) is 71.8 Å². The van der Waals surface area contributed by atoms with Gasteiger partial charge in [0.1, 0.15) is 12.4 Å². The normalized spacial score (nSPS) is 10.6. The maximum Gasteiger partial charge on any atom is 0.269 e. The first kappa shape index (κ1) is 15.8. The average molecular weight is 297 g/mol. The van der Waals surface area contributed by atoms with Gasteiger partial charge in [0.15, 0.2) is 0 Å². The third-order valence-corrected chi connectivity index (χ3v) is 3.13. The van der Waals surface area contributed by atoms with Crippen molar-refractivity contribution in [3.8, 4) is 5.75 Å². The van der Waals surface area contributed by atoms with Gasteiger partial charge in [0.2, 0.25) is 0 Å². The summed E-state index contributed by atoms with van der Waals surface area (Å²) in [5, 5.41) is 1.16. The van der Waals surface area contributed by atoms with Crippen LogP contribution in [0.2, 0.25) is 0 Å². The predicted octanol–water partition coefficient (Wildman–Crippen LogP) is 3.30. The molecule has 4 heteroatoms. The molecule has 0 radical (unpaired) electrons. The van der Waals surface area contributed by atoms with Crippen LogP contribution in [-0.4, -0.2) is 25.1 Å². The predicted molar refractivity (Wildman–Crippen MR) is 86.0 cm³/mol. The zero-order valence-corrected chi connectivity index (χ0v) is 12.7. The number of carbonyl (C=O) groups is 1. The van der Waals surface area contributed by atoms with Crippen molar-refractivity contribution in [2.24, 2.45) is 0 Å². The highest BCUT2D eigenvalue weighted by Gasteiger charge is 2.02. The molecule has 0 spiro atoms. The lowest BCUT2D eigenvalue weighted by Gasteiger charge is -2.10. The summed E-state index contributed by atoms with van der Waals surface area (Å²) in [6.45, 7) is 0.535. The molecular weight excluding hydrogens is 278 g/mol. The molecule has 0 aliphatic heterocycles. The molecule has 0 fully saturated rings. The Kier molecular flexibility index (Phi) is 5.74. The van der Waals surface area contributed by atoms with Gasteiger partial charge in [-0.3, -0.25) is 9.63 Å². The molecule has 4 nitrogen and oxygen atoms in total. The highest BCUT2D eigenvalue weighted by Crippen LogP contribution is 2.15. The van der Waals surface area contributed by atoms with Gasteiger partial charge in [-0.2, -0.15) is 0 Å². The highest BCUT2D eigenvalue weighted by atomic mass is 16.7. The summed E-state index contributed by atoms with van der Waals surface area (Å²) in [6.07, 6.45) is 3.20. The number of hydroxylamine groups is 2. The minimum absolute atomic E-state index is 0.216. The molecule has 2 aromatic carbocycles. The number of likely N-dealkylation sites (N-methyl/N-ethyl adjacent to an activating group) is 1. The van der Waals surface area contributed by atoms with Gasteiger partial charge in [0, 0.05) is 13.1 Å². The van der Waals surface area contributed by atoms with E-state index < -0.39 is 0 Å². The number of hydrogen-bond acceptors (Lipinski definition) is 3. The van der Waals surface area contributed by atoms with Crippen molar-refractivity contribution in [1.29, 1.82) is 0 Å². The van der Waals surface area contributed by atoms with Gasteiger partial charge in [-0.25, -0.2) is 5.06 Å². The van der Waals surface area contributed by atoms with Crippen LogP contribution in [0, 0.1) is 0 Å². The van der Waals surface area contributed by atoms with E-state index in [1.54, 1.807) is 13.1 Å². The summed E-state index contributed by atoms with van der Waals surface area (Å²) in [6, 6.07) is 17.6. The largest absolute Gasteiger partial charge is 0.489 e. The third-order valence-electron chi connectivity index (χ3n) is 3.13. The molecule has 0 aliphatic carbocycles. The molecular formula is C18H19NO3. The highest BCUT2D eigenvalue weighted by molar-refractivity contribution is 5.90. The molecule has 0 heterocycles. The van der Waals surface area contributed by atoms with Crippen molar-refractivity contribution in [3.63, 3.8) is 0 Å². The first-order chi connectivity index (χ1) is 10.7. The van der Waals surface area contributed by atoms with Gasteiger partial charge < -0.3 is 4.74 Å². The maximum atomic E-state index is 11.6. The molecule has 114 valence electrons. The maximum absolute atomic E-state index is 11.6. The Morgan fingerprint density at radius 3 is 2.41 bits per heavy atom. The van der Waals surface area contributed by atoms with Crippen LogP contribution in [0.5, 0.6) is 5.75 Å². The van der Waals surface area contributed by atoms with Crippen LogP contribution in [0.4, 0.5) is 0 Å². The standard InChI is InChI=1S/C18H19NO3/c1-19(21-2)18(20)13-10-15-8-11-17(12-9-15)22-14-16-6-4-3-5-7-16/h3-13H,14H2,1-2H3/b13-10+. The number of amides is 1.